The fourth-order valence-corrected chi connectivity index (χ4v) is 2.03. The molecule has 0 aromatic heterocycles. The lowest BCUT2D eigenvalue weighted by Gasteiger charge is -2.27. The van der Waals surface area contributed by atoms with Crippen molar-refractivity contribution in [2.45, 2.75) is 34.1 Å². The average Bonchev–Trinajstić information content (AvgIpc) is 2.28. The summed E-state index contributed by atoms with van der Waals surface area (Å²) >= 11 is 0. The molecule has 0 fully saturated rings. The van der Waals surface area contributed by atoms with E-state index in [0.717, 1.165) is 23.8 Å². The van der Waals surface area contributed by atoms with Crippen LogP contribution in [0.15, 0.2) is 30.3 Å². The molecule has 0 aliphatic rings. The second-order valence-corrected chi connectivity index (χ2v) is 5.49. The Bertz CT molecular complexity index is 396. The maximum absolute atomic E-state index is 10.9. The molecule has 1 aromatic rings. The second kappa shape index (κ2) is 5.81. The molecule has 0 aliphatic heterocycles. The van der Waals surface area contributed by atoms with Crippen LogP contribution in [0.2, 0.25) is 0 Å². The molecule has 0 aliphatic carbocycles. The molecule has 0 saturated carbocycles. The van der Waals surface area contributed by atoms with E-state index in [1.54, 1.807) is 0 Å². The Morgan fingerprint density at radius 1 is 1.18 bits per heavy atom. The van der Waals surface area contributed by atoms with Gasteiger partial charge in [0.05, 0.1) is 0 Å². The lowest BCUT2D eigenvalue weighted by atomic mass is 9.79. The minimum atomic E-state index is 0.265. The molecular formula is C16H22O. The molecule has 1 heteroatoms. The van der Waals surface area contributed by atoms with E-state index in [2.05, 4.69) is 39.8 Å². The number of aldehydes is 1. The van der Waals surface area contributed by atoms with Gasteiger partial charge in [-0.2, -0.15) is 0 Å². The summed E-state index contributed by atoms with van der Waals surface area (Å²) in [5.74, 6) is 0.530. The summed E-state index contributed by atoms with van der Waals surface area (Å²) in [5, 5.41) is 0. The zero-order chi connectivity index (χ0) is 12.9. The van der Waals surface area contributed by atoms with Crippen molar-refractivity contribution in [2.75, 3.05) is 0 Å². The zero-order valence-corrected chi connectivity index (χ0v) is 11.2. The van der Waals surface area contributed by atoms with E-state index in [1.165, 1.54) is 0 Å². The summed E-state index contributed by atoms with van der Waals surface area (Å²) in [4.78, 5) is 10.9. The van der Waals surface area contributed by atoms with Crippen LogP contribution in [0, 0.1) is 11.3 Å². The molecule has 17 heavy (non-hydrogen) atoms. The maximum Gasteiger partial charge on any atom is 0.150 e. The second-order valence-electron chi connectivity index (χ2n) is 5.49. The maximum atomic E-state index is 10.9. The highest BCUT2D eigenvalue weighted by Crippen LogP contribution is 2.30. The van der Waals surface area contributed by atoms with Gasteiger partial charge in [-0.1, -0.05) is 64.1 Å². The van der Waals surface area contributed by atoms with Crippen LogP contribution in [0.25, 0.3) is 6.08 Å². The Balaban J connectivity index is 2.93. The van der Waals surface area contributed by atoms with Crippen LogP contribution in [-0.2, 0) is 0 Å². The predicted octanol–water partition coefficient (Wildman–Crippen LogP) is 4.58. The van der Waals surface area contributed by atoms with Gasteiger partial charge in [0.1, 0.15) is 0 Å². The van der Waals surface area contributed by atoms with E-state index in [1.807, 2.05) is 24.3 Å². The Kier molecular flexibility index (Phi) is 4.68. The molecule has 92 valence electrons. The number of benzene rings is 1. The van der Waals surface area contributed by atoms with E-state index >= 15 is 0 Å². The highest BCUT2D eigenvalue weighted by molar-refractivity contribution is 5.81. The number of carbonyl (C=O) groups is 1. The average molecular weight is 230 g/mol. The quantitative estimate of drug-likeness (QED) is 0.692. The Morgan fingerprint density at radius 2 is 1.76 bits per heavy atom. The number of hydrogen-bond acceptors (Lipinski definition) is 1. The van der Waals surface area contributed by atoms with E-state index in [9.17, 15) is 4.79 Å². The van der Waals surface area contributed by atoms with Crippen molar-refractivity contribution >= 4 is 12.4 Å². The van der Waals surface area contributed by atoms with E-state index in [-0.39, 0.29) is 5.41 Å². The fourth-order valence-electron chi connectivity index (χ4n) is 2.03. The first-order valence-electron chi connectivity index (χ1n) is 6.21. The van der Waals surface area contributed by atoms with Crippen molar-refractivity contribution in [1.29, 1.82) is 0 Å². The number of rotatable bonds is 4. The molecule has 0 N–H and O–H groups in total. The summed E-state index contributed by atoms with van der Waals surface area (Å²) < 4.78 is 0. The fraction of sp³-hybridized carbons (Fsp3) is 0.438. The minimum Gasteiger partial charge on any atom is -0.298 e. The summed E-state index contributed by atoms with van der Waals surface area (Å²) in [6.07, 6.45) is 6.33. The number of allylic oxidation sites excluding steroid dienone is 1. The zero-order valence-electron chi connectivity index (χ0n) is 11.2. The van der Waals surface area contributed by atoms with Gasteiger partial charge in [0.15, 0.2) is 6.29 Å². The molecule has 0 saturated heterocycles. The molecule has 0 bridgehead atoms. The third-order valence-electron chi connectivity index (χ3n) is 3.18. The summed E-state index contributed by atoms with van der Waals surface area (Å²) in [5.41, 5.74) is 2.03. The van der Waals surface area contributed by atoms with Crippen molar-refractivity contribution in [3.63, 3.8) is 0 Å². The Labute approximate surface area is 105 Å². The van der Waals surface area contributed by atoms with Gasteiger partial charge < -0.3 is 0 Å². The first kappa shape index (κ1) is 13.7. The van der Waals surface area contributed by atoms with Crippen LogP contribution in [0.4, 0.5) is 0 Å². The van der Waals surface area contributed by atoms with Crippen molar-refractivity contribution in [1.82, 2.24) is 0 Å². The van der Waals surface area contributed by atoms with Crippen LogP contribution >= 0.6 is 0 Å². The molecule has 0 radical (unpaired) electrons. The topological polar surface area (TPSA) is 17.1 Å². The van der Waals surface area contributed by atoms with Crippen LogP contribution in [-0.4, -0.2) is 6.29 Å². The van der Waals surface area contributed by atoms with Gasteiger partial charge in [0.25, 0.3) is 0 Å². The van der Waals surface area contributed by atoms with Gasteiger partial charge in [-0.05, 0) is 23.3 Å². The highest BCUT2D eigenvalue weighted by Gasteiger charge is 2.19. The Hall–Kier alpha value is -1.37. The number of carbonyl (C=O) groups excluding carboxylic acids is 1. The van der Waals surface area contributed by atoms with Gasteiger partial charge >= 0.3 is 0 Å². The number of hydrogen-bond donors (Lipinski definition) is 0. The van der Waals surface area contributed by atoms with E-state index in [4.69, 9.17) is 0 Å². The molecule has 1 rings (SSSR count). The molecule has 1 atom stereocenters. The summed E-state index contributed by atoms with van der Waals surface area (Å²) in [6.45, 7) is 8.94. The van der Waals surface area contributed by atoms with Gasteiger partial charge in [0.2, 0.25) is 0 Å². The van der Waals surface area contributed by atoms with Gasteiger partial charge in [-0.15, -0.1) is 0 Å². The van der Waals surface area contributed by atoms with Crippen LogP contribution in [0.3, 0.4) is 0 Å². The van der Waals surface area contributed by atoms with Crippen LogP contribution in [0.1, 0.15) is 50.0 Å². The monoisotopic (exact) mass is 230 g/mol. The third kappa shape index (κ3) is 3.85. The van der Waals surface area contributed by atoms with Crippen molar-refractivity contribution in [3.05, 3.63) is 41.5 Å². The largest absolute Gasteiger partial charge is 0.298 e. The molecule has 0 spiro atoms. The predicted molar refractivity (Wildman–Crippen MR) is 74.1 cm³/mol. The van der Waals surface area contributed by atoms with E-state index in [0.29, 0.717) is 5.92 Å². The molecule has 0 heterocycles. The summed E-state index contributed by atoms with van der Waals surface area (Å²) in [7, 11) is 0. The summed E-state index contributed by atoms with van der Waals surface area (Å²) in [6, 6.07) is 7.69. The van der Waals surface area contributed by atoms with Crippen molar-refractivity contribution < 1.29 is 4.79 Å². The van der Waals surface area contributed by atoms with Gasteiger partial charge in [0, 0.05) is 5.56 Å². The third-order valence-corrected chi connectivity index (χ3v) is 3.18. The van der Waals surface area contributed by atoms with Crippen LogP contribution < -0.4 is 0 Å². The van der Waals surface area contributed by atoms with Crippen molar-refractivity contribution in [3.8, 4) is 0 Å². The normalized spacial score (nSPS) is 13.9. The first-order valence-corrected chi connectivity index (χ1v) is 6.21. The lowest BCUT2D eigenvalue weighted by molar-refractivity contribution is 0.112. The Morgan fingerprint density at radius 3 is 2.24 bits per heavy atom. The first-order chi connectivity index (χ1) is 7.99. The highest BCUT2D eigenvalue weighted by atomic mass is 16.1. The SMILES string of the molecule is CCC(/C=C/c1ccccc1C=O)C(C)(C)C. The van der Waals surface area contributed by atoms with E-state index < -0.39 is 0 Å². The lowest BCUT2D eigenvalue weighted by Crippen LogP contribution is -2.17. The van der Waals surface area contributed by atoms with Crippen LogP contribution in [0.5, 0.6) is 0 Å². The minimum absolute atomic E-state index is 0.265. The molecule has 1 aromatic carbocycles. The molecular weight excluding hydrogens is 208 g/mol. The smallest absolute Gasteiger partial charge is 0.150 e. The van der Waals surface area contributed by atoms with Crippen molar-refractivity contribution in [2.24, 2.45) is 11.3 Å². The van der Waals surface area contributed by atoms with Gasteiger partial charge in [-0.25, -0.2) is 0 Å². The molecule has 0 amide bonds. The standard InChI is InChI=1S/C16H22O/c1-5-15(16(2,3)4)11-10-13-8-6-7-9-14(13)12-17/h6-12,15H,5H2,1-4H3/b11-10+. The molecule has 1 nitrogen and oxygen atoms in total. The van der Waals surface area contributed by atoms with Gasteiger partial charge in [-0.3, -0.25) is 4.79 Å². The molecule has 1 unspecified atom stereocenters.